The van der Waals surface area contributed by atoms with Crippen molar-refractivity contribution in [1.29, 1.82) is 0 Å². The van der Waals surface area contributed by atoms with Crippen molar-refractivity contribution in [3.05, 3.63) is 64.1 Å². The molecule has 1 fully saturated rings. The van der Waals surface area contributed by atoms with Gasteiger partial charge in [0.2, 0.25) is 0 Å². The summed E-state index contributed by atoms with van der Waals surface area (Å²) in [6, 6.07) is 17.2. The van der Waals surface area contributed by atoms with Crippen molar-refractivity contribution < 1.29 is 0 Å². The first-order valence-corrected chi connectivity index (χ1v) is 8.20. The van der Waals surface area contributed by atoms with Crippen LogP contribution >= 0.6 is 15.9 Å². The normalized spacial score (nSPS) is 22.3. The zero-order chi connectivity index (χ0) is 14.9. The fourth-order valence-electron chi connectivity index (χ4n) is 3.06. The second-order valence-corrected chi connectivity index (χ2v) is 6.75. The van der Waals surface area contributed by atoms with Crippen LogP contribution in [0, 0.1) is 6.92 Å². The molecular formula is C18H21BrN2. The molecule has 2 nitrogen and oxygen atoms in total. The highest BCUT2D eigenvalue weighted by atomic mass is 79.9. The minimum atomic E-state index is -0.0112. The summed E-state index contributed by atoms with van der Waals surface area (Å²) in [5, 5.41) is 3.69. The Morgan fingerprint density at radius 3 is 2.62 bits per heavy atom. The number of piperazine rings is 1. The van der Waals surface area contributed by atoms with E-state index in [0.29, 0.717) is 0 Å². The third kappa shape index (κ3) is 2.85. The van der Waals surface area contributed by atoms with E-state index >= 15 is 0 Å². The van der Waals surface area contributed by atoms with Crippen molar-refractivity contribution in [2.24, 2.45) is 0 Å². The van der Waals surface area contributed by atoms with E-state index in [0.717, 1.165) is 19.6 Å². The van der Waals surface area contributed by atoms with Crippen LogP contribution in [0.3, 0.4) is 0 Å². The van der Waals surface area contributed by atoms with E-state index in [-0.39, 0.29) is 5.54 Å². The van der Waals surface area contributed by atoms with Crippen molar-refractivity contribution in [3.8, 4) is 0 Å². The molecule has 0 radical (unpaired) electrons. The molecule has 21 heavy (non-hydrogen) atoms. The van der Waals surface area contributed by atoms with Crippen molar-refractivity contribution in [2.75, 3.05) is 24.5 Å². The van der Waals surface area contributed by atoms with Gasteiger partial charge in [0.15, 0.2) is 0 Å². The SMILES string of the molecule is Cc1cccc(N2CCNC(C)(c3ccccc3)C2)c1Br. The average molecular weight is 345 g/mol. The van der Waals surface area contributed by atoms with Crippen LogP contribution in [0.15, 0.2) is 53.0 Å². The maximum absolute atomic E-state index is 3.75. The Hall–Kier alpha value is -1.32. The first-order chi connectivity index (χ1) is 10.1. The van der Waals surface area contributed by atoms with Gasteiger partial charge in [0, 0.05) is 24.1 Å². The second kappa shape index (κ2) is 5.82. The Morgan fingerprint density at radius 2 is 1.86 bits per heavy atom. The molecule has 2 aromatic rings. The number of benzene rings is 2. The van der Waals surface area contributed by atoms with Gasteiger partial charge in [-0.05, 0) is 47.0 Å². The van der Waals surface area contributed by atoms with Crippen LogP contribution in [-0.4, -0.2) is 19.6 Å². The number of anilines is 1. The van der Waals surface area contributed by atoms with Crippen molar-refractivity contribution in [1.82, 2.24) is 5.32 Å². The highest BCUT2D eigenvalue weighted by Gasteiger charge is 2.32. The third-order valence-corrected chi connectivity index (χ3v) is 5.36. The monoisotopic (exact) mass is 344 g/mol. The molecule has 0 saturated carbocycles. The molecule has 1 aliphatic heterocycles. The summed E-state index contributed by atoms with van der Waals surface area (Å²) >= 11 is 3.75. The minimum absolute atomic E-state index is 0.0112. The fourth-order valence-corrected chi connectivity index (χ4v) is 3.58. The molecule has 1 aliphatic rings. The predicted molar refractivity (Wildman–Crippen MR) is 92.9 cm³/mol. The molecule has 1 heterocycles. The van der Waals surface area contributed by atoms with E-state index in [1.165, 1.54) is 21.3 Å². The largest absolute Gasteiger partial charge is 0.367 e. The Kier molecular flexibility index (Phi) is 4.05. The Morgan fingerprint density at radius 1 is 1.10 bits per heavy atom. The molecule has 0 amide bonds. The highest BCUT2D eigenvalue weighted by Crippen LogP contribution is 2.33. The lowest BCUT2D eigenvalue weighted by Crippen LogP contribution is -2.56. The zero-order valence-electron chi connectivity index (χ0n) is 12.6. The van der Waals surface area contributed by atoms with Crippen molar-refractivity contribution in [3.63, 3.8) is 0 Å². The highest BCUT2D eigenvalue weighted by molar-refractivity contribution is 9.10. The van der Waals surface area contributed by atoms with Gasteiger partial charge in [-0.1, -0.05) is 42.5 Å². The predicted octanol–water partition coefficient (Wildman–Crippen LogP) is 4.08. The van der Waals surface area contributed by atoms with Crippen LogP contribution in [-0.2, 0) is 5.54 Å². The number of aryl methyl sites for hydroxylation is 1. The van der Waals surface area contributed by atoms with E-state index in [1.54, 1.807) is 0 Å². The summed E-state index contributed by atoms with van der Waals surface area (Å²) in [5.41, 5.74) is 3.91. The van der Waals surface area contributed by atoms with Gasteiger partial charge in [0.25, 0.3) is 0 Å². The molecule has 1 unspecified atom stereocenters. The van der Waals surface area contributed by atoms with E-state index in [9.17, 15) is 0 Å². The molecule has 110 valence electrons. The fraction of sp³-hybridized carbons (Fsp3) is 0.333. The maximum Gasteiger partial charge on any atom is 0.0584 e. The minimum Gasteiger partial charge on any atom is -0.367 e. The summed E-state index contributed by atoms with van der Waals surface area (Å²) in [6.07, 6.45) is 0. The van der Waals surface area contributed by atoms with Gasteiger partial charge in [-0.2, -0.15) is 0 Å². The first-order valence-electron chi connectivity index (χ1n) is 7.41. The summed E-state index contributed by atoms with van der Waals surface area (Å²) in [5.74, 6) is 0. The molecule has 3 heteroatoms. The topological polar surface area (TPSA) is 15.3 Å². The maximum atomic E-state index is 3.75. The molecular weight excluding hydrogens is 324 g/mol. The van der Waals surface area contributed by atoms with Gasteiger partial charge < -0.3 is 10.2 Å². The number of halogens is 1. The van der Waals surface area contributed by atoms with E-state index in [4.69, 9.17) is 0 Å². The number of nitrogens with zero attached hydrogens (tertiary/aromatic N) is 1. The molecule has 2 aromatic carbocycles. The number of hydrogen-bond acceptors (Lipinski definition) is 2. The van der Waals surface area contributed by atoms with Crippen LogP contribution in [0.5, 0.6) is 0 Å². The molecule has 1 saturated heterocycles. The summed E-state index contributed by atoms with van der Waals surface area (Å²) in [7, 11) is 0. The standard InChI is InChI=1S/C18H21BrN2/c1-14-7-6-10-16(17(14)19)21-12-11-20-18(2,13-21)15-8-4-3-5-9-15/h3-10,20H,11-13H2,1-2H3. The van der Waals surface area contributed by atoms with Gasteiger partial charge >= 0.3 is 0 Å². The quantitative estimate of drug-likeness (QED) is 0.882. The number of hydrogen-bond donors (Lipinski definition) is 1. The lowest BCUT2D eigenvalue weighted by molar-refractivity contribution is 0.332. The van der Waals surface area contributed by atoms with Gasteiger partial charge in [0.05, 0.1) is 11.2 Å². The Balaban J connectivity index is 1.91. The van der Waals surface area contributed by atoms with Gasteiger partial charge in [-0.25, -0.2) is 0 Å². The second-order valence-electron chi connectivity index (χ2n) is 5.95. The van der Waals surface area contributed by atoms with Crippen LogP contribution < -0.4 is 10.2 Å². The molecule has 1 N–H and O–H groups in total. The van der Waals surface area contributed by atoms with Gasteiger partial charge in [0.1, 0.15) is 0 Å². The average Bonchev–Trinajstić information content (AvgIpc) is 2.51. The van der Waals surface area contributed by atoms with Crippen LogP contribution in [0.1, 0.15) is 18.1 Å². The Labute approximate surface area is 135 Å². The van der Waals surface area contributed by atoms with Crippen LogP contribution in [0.2, 0.25) is 0 Å². The summed E-state index contributed by atoms with van der Waals surface area (Å²) < 4.78 is 1.21. The first kappa shape index (κ1) is 14.6. The molecule has 3 rings (SSSR count). The van der Waals surface area contributed by atoms with Gasteiger partial charge in [-0.3, -0.25) is 0 Å². The smallest absolute Gasteiger partial charge is 0.0584 e. The van der Waals surface area contributed by atoms with Crippen LogP contribution in [0.4, 0.5) is 5.69 Å². The van der Waals surface area contributed by atoms with Crippen LogP contribution in [0.25, 0.3) is 0 Å². The number of nitrogens with one attached hydrogen (secondary N) is 1. The lowest BCUT2D eigenvalue weighted by Gasteiger charge is -2.43. The Bertz CT molecular complexity index is 626. The molecule has 0 spiro atoms. The van der Waals surface area contributed by atoms with Gasteiger partial charge in [-0.15, -0.1) is 0 Å². The third-order valence-electron chi connectivity index (χ3n) is 4.33. The molecule has 0 aliphatic carbocycles. The molecule has 1 atom stereocenters. The van der Waals surface area contributed by atoms with E-state index < -0.39 is 0 Å². The zero-order valence-corrected chi connectivity index (χ0v) is 14.2. The summed E-state index contributed by atoms with van der Waals surface area (Å²) in [4.78, 5) is 2.47. The van der Waals surface area contributed by atoms with Crippen molar-refractivity contribution >= 4 is 21.6 Å². The lowest BCUT2D eigenvalue weighted by atomic mass is 9.89. The molecule has 0 aromatic heterocycles. The van der Waals surface area contributed by atoms with E-state index in [1.807, 2.05) is 0 Å². The molecule has 0 bridgehead atoms. The van der Waals surface area contributed by atoms with Crippen molar-refractivity contribution in [2.45, 2.75) is 19.4 Å². The number of rotatable bonds is 2. The summed E-state index contributed by atoms with van der Waals surface area (Å²) in [6.45, 7) is 7.43. The van der Waals surface area contributed by atoms with E-state index in [2.05, 4.69) is 88.5 Å².